The second kappa shape index (κ2) is 9.28. The number of nitrogens with zero attached hydrogens (tertiary/aromatic N) is 4. The van der Waals surface area contributed by atoms with Gasteiger partial charge in [-0.1, -0.05) is 24.1 Å². The van der Waals surface area contributed by atoms with Crippen LogP contribution >= 0.6 is 0 Å². The maximum Gasteiger partial charge on any atom is 0.264 e. The molecule has 8 heteroatoms. The van der Waals surface area contributed by atoms with E-state index in [0.717, 1.165) is 25.9 Å². The molecule has 0 amide bonds. The van der Waals surface area contributed by atoms with Gasteiger partial charge in [-0.3, -0.25) is 4.79 Å². The molecule has 1 aliphatic rings. The second-order valence-electron chi connectivity index (χ2n) is 8.58. The molecule has 3 heterocycles. The fourth-order valence-electron chi connectivity index (χ4n) is 4.47. The number of alkyl halides is 2. The monoisotopic (exact) mass is 451 g/mol. The molecule has 172 valence electrons. The Morgan fingerprint density at radius 3 is 2.55 bits per heavy atom. The molecule has 1 fully saturated rings. The van der Waals surface area contributed by atoms with E-state index < -0.39 is 12.5 Å². The molecule has 4 rings (SSSR count). The number of benzene rings is 1. The molecule has 1 saturated heterocycles. The van der Waals surface area contributed by atoms with Gasteiger partial charge in [0.2, 0.25) is 0 Å². The number of halogens is 2. The lowest BCUT2D eigenvalue weighted by atomic mass is 9.97. The van der Waals surface area contributed by atoms with E-state index in [4.69, 9.17) is 6.42 Å². The molecule has 33 heavy (non-hydrogen) atoms. The van der Waals surface area contributed by atoms with E-state index in [1.807, 2.05) is 0 Å². The number of piperidine rings is 1. The van der Waals surface area contributed by atoms with Crippen LogP contribution in [0.3, 0.4) is 0 Å². The van der Waals surface area contributed by atoms with Gasteiger partial charge in [-0.15, -0.1) is 6.42 Å². The SMILES string of the molecule is C#C[C@@H](Nc1nc(C)nc2cc(=O)n(C3CCN(C)CC3)cc12)c1cccc(C(F)F)c1C. The molecule has 1 atom stereocenters. The van der Waals surface area contributed by atoms with Crippen LogP contribution in [0.5, 0.6) is 0 Å². The van der Waals surface area contributed by atoms with Gasteiger partial charge in [-0.05, 0) is 58.0 Å². The number of rotatable bonds is 5. The molecule has 1 aliphatic heterocycles. The van der Waals surface area contributed by atoms with Gasteiger partial charge in [0.1, 0.15) is 17.7 Å². The summed E-state index contributed by atoms with van der Waals surface area (Å²) in [6.07, 6.45) is 6.78. The van der Waals surface area contributed by atoms with Crippen LogP contribution in [-0.2, 0) is 0 Å². The van der Waals surface area contributed by atoms with Crippen LogP contribution in [0.1, 0.15) is 53.9 Å². The first kappa shape index (κ1) is 22.9. The average Bonchev–Trinajstić information content (AvgIpc) is 2.77. The molecule has 0 unspecified atom stereocenters. The summed E-state index contributed by atoms with van der Waals surface area (Å²) in [6, 6.07) is 5.67. The third-order valence-corrected chi connectivity index (χ3v) is 6.36. The summed E-state index contributed by atoms with van der Waals surface area (Å²) < 4.78 is 28.6. The Kier molecular flexibility index (Phi) is 6.43. The number of aryl methyl sites for hydroxylation is 1. The van der Waals surface area contributed by atoms with Crippen LogP contribution in [-0.4, -0.2) is 39.6 Å². The highest BCUT2D eigenvalue weighted by molar-refractivity contribution is 5.88. The summed E-state index contributed by atoms with van der Waals surface area (Å²) in [5, 5.41) is 3.91. The van der Waals surface area contributed by atoms with E-state index in [1.54, 1.807) is 36.7 Å². The predicted molar refractivity (Wildman–Crippen MR) is 126 cm³/mol. The Labute approximate surface area is 191 Å². The molecule has 0 aliphatic carbocycles. The molecule has 6 nitrogen and oxygen atoms in total. The lowest BCUT2D eigenvalue weighted by Gasteiger charge is -2.30. The molecule has 2 aromatic heterocycles. The lowest BCUT2D eigenvalue weighted by molar-refractivity contribution is 0.150. The number of pyridine rings is 1. The van der Waals surface area contributed by atoms with Crippen LogP contribution in [0, 0.1) is 26.2 Å². The van der Waals surface area contributed by atoms with E-state index in [0.29, 0.717) is 33.7 Å². The zero-order valence-corrected chi connectivity index (χ0v) is 19.0. The second-order valence-corrected chi connectivity index (χ2v) is 8.58. The van der Waals surface area contributed by atoms with Gasteiger partial charge in [-0.25, -0.2) is 18.7 Å². The normalized spacial score (nSPS) is 16.2. The van der Waals surface area contributed by atoms with Gasteiger partial charge < -0.3 is 14.8 Å². The Morgan fingerprint density at radius 2 is 1.88 bits per heavy atom. The summed E-state index contributed by atoms with van der Waals surface area (Å²) in [7, 11) is 2.07. The maximum atomic E-state index is 13.4. The van der Waals surface area contributed by atoms with Crippen molar-refractivity contribution in [2.24, 2.45) is 0 Å². The Morgan fingerprint density at radius 1 is 1.18 bits per heavy atom. The number of anilines is 1. The van der Waals surface area contributed by atoms with Crippen molar-refractivity contribution in [2.75, 3.05) is 25.5 Å². The van der Waals surface area contributed by atoms with E-state index in [9.17, 15) is 13.6 Å². The van der Waals surface area contributed by atoms with Crippen LogP contribution in [0.4, 0.5) is 14.6 Å². The van der Waals surface area contributed by atoms with Crippen molar-refractivity contribution in [1.82, 2.24) is 19.4 Å². The van der Waals surface area contributed by atoms with Crippen molar-refractivity contribution in [3.63, 3.8) is 0 Å². The van der Waals surface area contributed by atoms with Crippen molar-refractivity contribution in [2.45, 2.75) is 45.2 Å². The van der Waals surface area contributed by atoms with E-state index >= 15 is 0 Å². The number of fused-ring (bicyclic) bond motifs is 1. The van der Waals surface area contributed by atoms with E-state index in [1.165, 1.54) is 12.1 Å². The molecule has 3 aromatic rings. The van der Waals surface area contributed by atoms with Crippen molar-refractivity contribution in [3.8, 4) is 12.3 Å². The quantitative estimate of drug-likeness (QED) is 0.583. The Balaban J connectivity index is 1.77. The van der Waals surface area contributed by atoms with Gasteiger partial charge in [0.05, 0.1) is 10.9 Å². The molecular weight excluding hydrogens is 424 g/mol. The smallest absolute Gasteiger partial charge is 0.264 e. The number of aromatic nitrogens is 3. The zero-order valence-electron chi connectivity index (χ0n) is 19.0. The highest BCUT2D eigenvalue weighted by atomic mass is 19.3. The largest absolute Gasteiger partial charge is 0.352 e. The van der Waals surface area contributed by atoms with Crippen molar-refractivity contribution >= 4 is 16.7 Å². The number of likely N-dealkylation sites (tertiary alicyclic amines) is 1. The summed E-state index contributed by atoms with van der Waals surface area (Å²) in [6.45, 7) is 5.22. The summed E-state index contributed by atoms with van der Waals surface area (Å²) >= 11 is 0. The van der Waals surface area contributed by atoms with Crippen molar-refractivity contribution in [1.29, 1.82) is 0 Å². The molecule has 0 radical (unpaired) electrons. The molecule has 0 saturated carbocycles. The number of nitrogens with one attached hydrogen (secondary N) is 1. The summed E-state index contributed by atoms with van der Waals surface area (Å²) in [5.74, 6) is 3.62. The Hall–Kier alpha value is -3.31. The Bertz CT molecular complexity index is 1270. The standard InChI is InChI=1S/C25H27F2N5O/c1-5-21(18-7-6-8-19(15(18)2)24(26)27)30-25-20-14-32(17-9-11-31(4)12-10-17)23(33)13-22(20)28-16(3)29-25/h1,6-8,13-14,17,21,24H,9-12H2,2-4H3,(H,28,29,30)/t21-/m1/s1. The third kappa shape index (κ3) is 4.60. The molecule has 1 aromatic carbocycles. The van der Waals surface area contributed by atoms with Gasteiger partial charge in [0, 0.05) is 23.9 Å². The molecule has 0 bridgehead atoms. The first-order valence-corrected chi connectivity index (χ1v) is 11.0. The summed E-state index contributed by atoms with van der Waals surface area (Å²) in [4.78, 5) is 24.1. The van der Waals surface area contributed by atoms with Crippen molar-refractivity contribution < 1.29 is 8.78 Å². The van der Waals surface area contributed by atoms with E-state index in [-0.39, 0.29) is 17.2 Å². The maximum absolute atomic E-state index is 13.4. The topological polar surface area (TPSA) is 63.1 Å². The lowest BCUT2D eigenvalue weighted by Crippen LogP contribution is -2.35. The van der Waals surface area contributed by atoms with Crippen LogP contribution in [0.15, 0.2) is 35.3 Å². The highest BCUT2D eigenvalue weighted by Gasteiger charge is 2.22. The molecule has 0 spiro atoms. The molecule has 1 N–H and O–H groups in total. The first-order chi connectivity index (χ1) is 15.8. The third-order valence-electron chi connectivity index (χ3n) is 6.36. The summed E-state index contributed by atoms with van der Waals surface area (Å²) in [5.41, 5.74) is 1.40. The predicted octanol–water partition coefficient (Wildman–Crippen LogP) is 4.40. The minimum Gasteiger partial charge on any atom is -0.352 e. The minimum atomic E-state index is -2.59. The van der Waals surface area contributed by atoms with Gasteiger partial charge in [0.15, 0.2) is 0 Å². The van der Waals surface area contributed by atoms with E-state index in [2.05, 4.69) is 33.2 Å². The van der Waals surface area contributed by atoms with Gasteiger partial charge in [-0.2, -0.15) is 0 Å². The highest BCUT2D eigenvalue weighted by Crippen LogP contribution is 2.31. The fraction of sp³-hybridized carbons (Fsp3) is 0.400. The van der Waals surface area contributed by atoms with Crippen LogP contribution in [0.2, 0.25) is 0 Å². The zero-order chi connectivity index (χ0) is 23.7. The first-order valence-electron chi connectivity index (χ1n) is 11.0. The van der Waals surface area contributed by atoms with Crippen LogP contribution in [0.25, 0.3) is 10.9 Å². The number of hydrogen-bond acceptors (Lipinski definition) is 5. The fourth-order valence-corrected chi connectivity index (χ4v) is 4.47. The van der Waals surface area contributed by atoms with Crippen LogP contribution < -0.4 is 10.9 Å². The average molecular weight is 452 g/mol. The van der Waals surface area contributed by atoms with Gasteiger partial charge >= 0.3 is 0 Å². The number of terminal acetylenes is 1. The minimum absolute atomic E-state index is 0.0469. The van der Waals surface area contributed by atoms with Crippen molar-refractivity contribution in [3.05, 3.63) is 63.3 Å². The number of hydrogen-bond donors (Lipinski definition) is 1. The molecular formula is C25H27F2N5O. The van der Waals surface area contributed by atoms with Gasteiger partial charge in [0.25, 0.3) is 12.0 Å².